The van der Waals surface area contributed by atoms with Crippen molar-refractivity contribution in [1.29, 1.82) is 0 Å². The number of carbonyl (C=O) groups is 2. The van der Waals surface area contributed by atoms with Crippen LogP contribution in [-0.2, 0) is 19.6 Å². The van der Waals surface area contributed by atoms with Crippen molar-refractivity contribution in [2.24, 2.45) is 5.92 Å². The zero-order chi connectivity index (χ0) is 18.6. The standard InChI is InChI=1S/C17H24N2O5S/c1-3-25(23,24)19-9-7-13(8-10-19)16(20)18-15-6-4-5-14(11-15)12(2)17(21)22/h4-6,11-13H,3,7-10H2,1-2H3,(H,18,20)(H,21,22). The predicted molar refractivity (Wildman–Crippen MR) is 94.9 cm³/mol. The highest BCUT2D eigenvalue weighted by atomic mass is 32.2. The topological polar surface area (TPSA) is 104 Å². The number of carboxylic acid groups (broad SMARTS) is 1. The van der Waals surface area contributed by atoms with Crippen molar-refractivity contribution in [3.05, 3.63) is 29.8 Å². The zero-order valence-electron chi connectivity index (χ0n) is 14.4. The summed E-state index contributed by atoms with van der Waals surface area (Å²) in [7, 11) is -3.21. The molecule has 0 radical (unpaired) electrons. The van der Waals surface area contributed by atoms with E-state index in [9.17, 15) is 18.0 Å². The molecule has 1 fully saturated rings. The molecule has 1 heterocycles. The summed E-state index contributed by atoms with van der Waals surface area (Å²) < 4.78 is 25.1. The largest absolute Gasteiger partial charge is 0.481 e. The van der Waals surface area contributed by atoms with Gasteiger partial charge in [-0.1, -0.05) is 12.1 Å². The minimum atomic E-state index is -3.21. The number of nitrogens with zero attached hydrogens (tertiary/aromatic N) is 1. The predicted octanol–water partition coefficient (Wildman–Crippen LogP) is 1.87. The number of hydrogen-bond acceptors (Lipinski definition) is 4. The second-order valence-electron chi connectivity index (χ2n) is 6.25. The number of aliphatic carboxylic acids is 1. The lowest BCUT2D eigenvalue weighted by Gasteiger charge is -2.30. The lowest BCUT2D eigenvalue weighted by atomic mass is 9.96. The summed E-state index contributed by atoms with van der Waals surface area (Å²) in [6.45, 7) is 3.90. The van der Waals surface area contributed by atoms with Gasteiger partial charge in [0.1, 0.15) is 0 Å². The van der Waals surface area contributed by atoms with Crippen molar-refractivity contribution in [2.75, 3.05) is 24.2 Å². The average molecular weight is 368 g/mol. The van der Waals surface area contributed by atoms with Crippen LogP contribution < -0.4 is 5.32 Å². The number of anilines is 1. The Bertz CT molecular complexity index is 739. The van der Waals surface area contributed by atoms with E-state index < -0.39 is 21.9 Å². The van der Waals surface area contributed by atoms with Gasteiger partial charge >= 0.3 is 5.97 Å². The van der Waals surface area contributed by atoms with E-state index in [1.165, 1.54) is 4.31 Å². The first-order chi connectivity index (χ1) is 11.7. The van der Waals surface area contributed by atoms with Gasteiger partial charge in [0.15, 0.2) is 0 Å². The number of sulfonamides is 1. The molecule has 0 bridgehead atoms. The van der Waals surface area contributed by atoms with E-state index >= 15 is 0 Å². The fourth-order valence-corrected chi connectivity index (χ4v) is 3.98. The van der Waals surface area contributed by atoms with Gasteiger partial charge < -0.3 is 10.4 Å². The van der Waals surface area contributed by atoms with Gasteiger partial charge in [0.2, 0.25) is 15.9 Å². The molecular formula is C17H24N2O5S. The second-order valence-corrected chi connectivity index (χ2v) is 8.51. The zero-order valence-corrected chi connectivity index (χ0v) is 15.3. The van der Waals surface area contributed by atoms with E-state index in [4.69, 9.17) is 5.11 Å². The van der Waals surface area contributed by atoms with Crippen LogP contribution in [0.1, 0.15) is 38.2 Å². The molecule has 1 atom stereocenters. The van der Waals surface area contributed by atoms with Gasteiger partial charge in [-0.15, -0.1) is 0 Å². The van der Waals surface area contributed by atoms with E-state index in [0.29, 0.717) is 37.2 Å². The Kier molecular flexibility index (Phi) is 6.18. The molecule has 0 spiro atoms. The van der Waals surface area contributed by atoms with Crippen molar-refractivity contribution in [3.63, 3.8) is 0 Å². The van der Waals surface area contributed by atoms with Crippen LogP contribution in [0.15, 0.2) is 24.3 Å². The lowest BCUT2D eigenvalue weighted by molar-refractivity contribution is -0.138. The fourth-order valence-electron chi connectivity index (χ4n) is 2.85. The number of amides is 1. The Hall–Kier alpha value is -1.93. The van der Waals surface area contributed by atoms with Gasteiger partial charge in [-0.25, -0.2) is 12.7 Å². The molecule has 1 aromatic carbocycles. The van der Waals surface area contributed by atoms with Crippen LogP contribution in [0.3, 0.4) is 0 Å². The van der Waals surface area contributed by atoms with E-state index in [2.05, 4.69) is 5.32 Å². The monoisotopic (exact) mass is 368 g/mol. The quantitative estimate of drug-likeness (QED) is 0.798. The summed E-state index contributed by atoms with van der Waals surface area (Å²) in [5, 5.41) is 11.9. The molecule has 1 unspecified atom stereocenters. The molecule has 2 N–H and O–H groups in total. The third-order valence-corrected chi connectivity index (χ3v) is 6.49. The number of carboxylic acids is 1. The molecule has 0 aromatic heterocycles. The number of rotatable bonds is 6. The van der Waals surface area contributed by atoms with Crippen LogP contribution >= 0.6 is 0 Å². The Morgan fingerprint density at radius 2 is 1.96 bits per heavy atom. The molecule has 8 heteroatoms. The van der Waals surface area contributed by atoms with Crippen LogP contribution in [0.5, 0.6) is 0 Å². The lowest BCUT2D eigenvalue weighted by Crippen LogP contribution is -2.42. The number of hydrogen-bond donors (Lipinski definition) is 2. The Balaban J connectivity index is 1.97. The smallest absolute Gasteiger partial charge is 0.310 e. The van der Waals surface area contributed by atoms with Gasteiger partial charge in [-0.2, -0.15) is 0 Å². The third-order valence-electron chi connectivity index (χ3n) is 4.61. The van der Waals surface area contributed by atoms with E-state index in [1.54, 1.807) is 38.1 Å². The normalized spacial score (nSPS) is 17.8. The first-order valence-corrected chi connectivity index (χ1v) is 9.97. The van der Waals surface area contributed by atoms with Crippen LogP contribution in [0, 0.1) is 5.92 Å². The maximum Gasteiger partial charge on any atom is 0.310 e. The Labute approximate surface area is 148 Å². The SMILES string of the molecule is CCS(=O)(=O)N1CCC(C(=O)Nc2cccc(C(C)C(=O)O)c2)CC1. The number of carbonyl (C=O) groups excluding carboxylic acids is 1. The van der Waals surface area contributed by atoms with Gasteiger partial charge in [0.05, 0.1) is 11.7 Å². The molecule has 1 aromatic rings. The number of nitrogens with one attached hydrogen (secondary N) is 1. The van der Waals surface area contributed by atoms with Crippen molar-refractivity contribution in [3.8, 4) is 0 Å². The highest BCUT2D eigenvalue weighted by molar-refractivity contribution is 7.89. The van der Waals surface area contributed by atoms with Crippen LogP contribution in [0.25, 0.3) is 0 Å². The number of benzene rings is 1. The molecule has 2 rings (SSSR count). The molecule has 138 valence electrons. The Morgan fingerprint density at radius 3 is 2.52 bits per heavy atom. The molecule has 0 aliphatic carbocycles. The summed E-state index contributed by atoms with van der Waals surface area (Å²) in [5.74, 6) is -1.91. The molecular weight excluding hydrogens is 344 g/mol. The molecule has 0 saturated carbocycles. The second kappa shape index (κ2) is 7.97. The number of piperidine rings is 1. The van der Waals surface area contributed by atoms with Crippen LogP contribution in [0.4, 0.5) is 5.69 Å². The van der Waals surface area contributed by atoms with E-state index in [-0.39, 0.29) is 17.6 Å². The van der Waals surface area contributed by atoms with Crippen LogP contribution in [0.2, 0.25) is 0 Å². The minimum Gasteiger partial charge on any atom is -0.481 e. The molecule has 7 nitrogen and oxygen atoms in total. The maximum atomic E-state index is 12.4. The summed E-state index contributed by atoms with van der Waals surface area (Å²) in [6, 6.07) is 6.79. The first-order valence-electron chi connectivity index (χ1n) is 8.36. The molecule has 1 amide bonds. The van der Waals surface area contributed by atoms with Gasteiger partial charge in [-0.05, 0) is 44.4 Å². The average Bonchev–Trinajstić information content (AvgIpc) is 2.61. The molecule has 1 saturated heterocycles. The van der Waals surface area contributed by atoms with Crippen LogP contribution in [-0.4, -0.2) is 48.5 Å². The molecule has 1 aliphatic rings. The van der Waals surface area contributed by atoms with E-state index in [0.717, 1.165) is 0 Å². The maximum absolute atomic E-state index is 12.4. The fraction of sp³-hybridized carbons (Fsp3) is 0.529. The summed E-state index contributed by atoms with van der Waals surface area (Å²) in [4.78, 5) is 23.5. The molecule has 25 heavy (non-hydrogen) atoms. The van der Waals surface area contributed by atoms with Gasteiger partial charge in [0.25, 0.3) is 0 Å². The highest BCUT2D eigenvalue weighted by Crippen LogP contribution is 2.23. The highest BCUT2D eigenvalue weighted by Gasteiger charge is 2.30. The van der Waals surface area contributed by atoms with Crippen molar-refractivity contribution < 1.29 is 23.1 Å². The van der Waals surface area contributed by atoms with Crippen molar-refractivity contribution in [2.45, 2.75) is 32.6 Å². The van der Waals surface area contributed by atoms with Gasteiger partial charge in [0, 0.05) is 24.7 Å². The summed E-state index contributed by atoms with van der Waals surface area (Å²) >= 11 is 0. The van der Waals surface area contributed by atoms with Crippen molar-refractivity contribution >= 4 is 27.6 Å². The minimum absolute atomic E-state index is 0.0679. The third kappa shape index (κ3) is 4.79. The summed E-state index contributed by atoms with van der Waals surface area (Å²) in [6.07, 6.45) is 0.965. The van der Waals surface area contributed by atoms with Crippen molar-refractivity contribution in [1.82, 2.24) is 4.31 Å². The molecule has 1 aliphatic heterocycles. The first kappa shape index (κ1) is 19.4. The van der Waals surface area contributed by atoms with E-state index in [1.807, 2.05) is 0 Å². The van der Waals surface area contributed by atoms with Gasteiger partial charge in [-0.3, -0.25) is 9.59 Å². The Morgan fingerprint density at radius 1 is 1.32 bits per heavy atom. The summed E-state index contributed by atoms with van der Waals surface area (Å²) in [5.41, 5.74) is 1.17.